The number of anilines is 3. The molecule has 28 heavy (non-hydrogen) atoms. The fourth-order valence-electron chi connectivity index (χ4n) is 2.66. The number of para-hydroxylation sites is 1. The maximum absolute atomic E-state index is 13.3. The van der Waals surface area contributed by atoms with Crippen molar-refractivity contribution in [2.45, 2.75) is 26.2 Å². The van der Waals surface area contributed by atoms with Gasteiger partial charge in [-0.2, -0.15) is 0 Å². The molecule has 2 aromatic carbocycles. The number of carbonyl (C=O) groups excluding carboxylic acids is 1. The molecule has 0 radical (unpaired) electrons. The van der Waals surface area contributed by atoms with Crippen molar-refractivity contribution in [1.29, 1.82) is 0 Å². The summed E-state index contributed by atoms with van der Waals surface area (Å²) in [6, 6.07) is 11.0. The summed E-state index contributed by atoms with van der Waals surface area (Å²) in [4.78, 5) is 20.7. The summed E-state index contributed by atoms with van der Waals surface area (Å²) in [6.45, 7) is 6.20. The summed E-state index contributed by atoms with van der Waals surface area (Å²) in [5.41, 5.74) is 2.05. The van der Waals surface area contributed by atoms with E-state index in [4.69, 9.17) is 0 Å². The fraction of sp³-hybridized carbons (Fsp3) is 0.190. The van der Waals surface area contributed by atoms with Crippen molar-refractivity contribution >= 4 is 23.1 Å². The van der Waals surface area contributed by atoms with Gasteiger partial charge in [-0.3, -0.25) is 4.79 Å². The number of benzene rings is 2. The Hall–Kier alpha value is -3.35. The van der Waals surface area contributed by atoms with Gasteiger partial charge in [0.15, 0.2) is 11.6 Å². The second-order valence-electron chi connectivity index (χ2n) is 7.29. The van der Waals surface area contributed by atoms with E-state index >= 15 is 0 Å². The molecule has 0 bridgehead atoms. The van der Waals surface area contributed by atoms with Gasteiger partial charge in [0.2, 0.25) is 0 Å². The molecule has 3 rings (SSSR count). The number of hydrogen-bond donors (Lipinski definition) is 2. The smallest absolute Gasteiger partial charge is 0.275 e. The molecule has 0 saturated carbocycles. The van der Waals surface area contributed by atoms with Crippen LogP contribution in [0.1, 0.15) is 36.8 Å². The Kier molecular flexibility index (Phi) is 5.35. The van der Waals surface area contributed by atoms with E-state index in [0.717, 1.165) is 17.7 Å². The van der Waals surface area contributed by atoms with Crippen LogP contribution >= 0.6 is 0 Å². The summed E-state index contributed by atoms with van der Waals surface area (Å²) in [5.74, 6) is -1.98. The lowest BCUT2D eigenvalue weighted by molar-refractivity contribution is 0.102. The predicted octanol–water partition coefficient (Wildman–Crippen LogP) is 5.05. The zero-order valence-electron chi connectivity index (χ0n) is 15.8. The number of amides is 1. The van der Waals surface area contributed by atoms with Gasteiger partial charge in [0.05, 0.1) is 12.4 Å². The molecule has 0 atom stereocenters. The average Bonchev–Trinajstić information content (AvgIpc) is 2.65. The van der Waals surface area contributed by atoms with Crippen LogP contribution in [0.15, 0.2) is 54.9 Å². The van der Waals surface area contributed by atoms with Crippen LogP contribution in [-0.2, 0) is 5.41 Å². The SMILES string of the molecule is CC(C)(C)c1ccccc1NC(=O)c1cnc(Nc2ccc(F)c(F)c2)cn1. The highest BCUT2D eigenvalue weighted by Crippen LogP contribution is 2.29. The minimum absolute atomic E-state index is 0.131. The highest BCUT2D eigenvalue weighted by Gasteiger charge is 2.19. The van der Waals surface area contributed by atoms with E-state index in [1.54, 1.807) is 0 Å². The van der Waals surface area contributed by atoms with Crippen molar-refractivity contribution in [2.24, 2.45) is 0 Å². The lowest BCUT2D eigenvalue weighted by atomic mass is 9.86. The molecular formula is C21H20F2N4O. The molecule has 1 aromatic heterocycles. The minimum Gasteiger partial charge on any atom is -0.339 e. The van der Waals surface area contributed by atoms with Gasteiger partial charge in [0, 0.05) is 17.4 Å². The summed E-state index contributed by atoms with van der Waals surface area (Å²) < 4.78 is 26.3. The number of hydrogen-bond acceptors (Lipinski definition) is 4. The molecule has 0 fully saturated rings. The van der Waals surface area contributed by atoms with E-state index in [1.165, 1.54) is 18.5 Å². The number of carbonyl (C=O) groups is 1. The summed E-state index contributed by atoms with van der Waals surface area (Å²) in [7, 11) is 0. The Morgan fingerprint density at radius 3 is 2.36 bits per heavy atom. The van der Waals surface area contributed by atoms with Crippen molar-refractivity contribution in [2.75, 3.05) is 10.6 Å². The van der Waals surface area contributed by atoms with Gasteiger partial charge >= 0.3 is 0 Å². The molecular weight excluding hydrogens is 362 g/mol. The first-order valence-corrected chi connectivity index (χ1v) is 8.69. The zero-order valence-corrected chi connectivity index (χ0v) is 15.8. The molecule has 0 aliphatic rings. The molecule has 144 valence electrons. The van der Waals surface area contributed by atoms with Crippen LogP contribution in [0.2, 0.25) is 0 Å². The number of aromatic nitrogens is 2. The maximum Gasteiger partial charge on any atom is 0.275 e. The molecule has 7 heteroatoms. The number of nitrogens with zero attached hydrogens (tertiary/aromatic N) is 2. The molecule has 1 heterocycles. The molecule has 3 aromatic rings. The van der Waals surface area contributed by atoms with E-state index < -0.39 is 11.6 Å². The Bertz CT molecular complexity index is 998. The van der Waals surface area contributed by atoms with Crippen molar-refractivity contribution in [3.05, 3.63) is 77.8 Å². The van der Waals surface area contributed by atoms with Gasteiger partial charge < -0.3 is 10.6 Å². The van der Waals surface area contributed by atoms with Crippen LogP contribution < -0.4 is 10.6 Å². The molecule has 0 saturated heterocycles. The van der Waals surface area contributed by atoms with Crippen LogP contribution in [-0.4, -0.2) is 15.9 Å². The van der Waals surface area contributed by atoms with Crippen molar-refractivity contribution < 1.29 is 13.6 Å². The molecule has 5 nitrogen and oxygen atoms in total. The first-order valence-electron chi connectivity index (χ1n) is 8.69. The predicted molar refractivity (Wildman–Crippen MR) is 105 cm³/mol. The number of halogens is 2. The van der Waals surface area contributed by atoms with Crippen molar-refractivity contribution in [3.8, 4) is 0 Å². The molecule has 0 unspecified atom stereocenters. The maximum atomic E-state index is 13.3. The summed E-state index contributed by atoms with van der Waals surface area (Å²) in [6.07, 6.45) is 2.67. The lowest BCUT2D eigenvalue weighted by Crippen LogP contribution is -2.19. The van der Waals surface area contributed by atoms with E-state index in [-0.39, 0.29) is 17.0 Å². The van der Waals surface area contributed by atoms with Crippen LogP contribution in [0.3, 0.4) is 0 Å². The van der Waals surface area contributed by atoms with Gasteiger partial charge in [-0.15, -0.1) is 0 Å². The van der Waals surface area contributed by atoms with E-state index in [2.05, 4.69) is 41.4 Å². The van der Waals surface area contributed by atoms with Crippen LogP contribution in [0.4, 0.5) is 26.0 Å². The zero-order chi connectivity index (χ0) is 20.3. The molecule has 0 spiro atoms. The second kappa shape index (κ2) is 7.72. The lowest BCUT2D eigenvalue weighted by Gasteiger charge is -2.22. The van der Waals surface area contributed by atoms with Gasteiger partial charge in [0.1, 0.15) is 11.5 Å². The fourth-order valence-corrected chi connectivity index (χ4v) is 2.66. The van der Waals surface area contributed by atoms with Crippen molar-refractivity contribution in [1.82, 2.24) is 9.97 Å². The molecule has 0 aliphatic heterocycles. The third-order valence-electron chi connectivity index (χ3n) is 4.06. The van der Waals surface area contributed by atoms with Gasteiger partial charge in [-0.25, -0.2) is 18.7 Å². The minimum atomic E-state index is -0.966. The third kappa shape index (κ3) is 4.49. The van der Waals surface area contributed by atoms with E-state index in [9.17, 15) is 13.6 Å². The highest BCUT2D eigenvalue weighted by atomic mass is 19.2. The number of nitrogens with one attached hydrogen (secondary N) is 2. The Balaban J connectivity index is 1.73. The Morgan fingerprint density at radius 1 is 0.964 bits per heavy atom. The first kappa shape index (κ1) is 19.4. The monoisotopic (exact) mass is 382 g/mol. The van der Waals surface area contributed by atoms with Crippen molar-refractivity contribution in [3.63, 3.8) is 0 Å². The van der Waals surface area contributed by atoms with Crippen LogP contribution in [0.5, 0.6) is 0 Å². The van der Waals surface area contributed by atoms with Gasteiger partial charge in [-0.05, 0) is 29.2 Å². The Labute approximate surface area is 161 Å². The number of rotatable bonds is 4. The Morgan fingerprint density at radius 2 is 1.71 bits per heavy atom. The van der Waals surface area contributed by atoms with Crippen LogP contribution in [0.25, 0.3) is 0 Å². The summed E-state index contributed by atoms with van der Waals surface area (Å²) in [5, 5.41) is 5.67. The van der Waals surface area contributed by atoms with E-state index in [1.807, 2.05) is 24.3 Å². The average molecular weight is 382 g/mol. The van der Waals surface area contributed by atoms with E-state index in [0.29, 0.717) is 17.2 Å². The van der Waals surface area contributed by atoms with Gasteiger partial charge in [-0.1, -0.05) is 39.0 Å². The standard InChI is InChI=1S/C21H20F2N4O/c1-21(2,3)14-6-4-5-7-17(14)27-20(28)18-11-25-19(12-24-18)26-13-8-9-15(22)16(23)10-13/h4-12H,1-3H3,(H,25,26)(H,27,28). The third-order valence-corrected chi connectivity index (χ3v) is 4.06. The highest BCUT2D eigenvalue weighted by molar-refractivity contribution is 6.03. The van der Waals surface area contributed by atoms with Crippen LogP contribution in [0, 0.1) is 11.6 Å². The first-order chi connectivity index (χ1) is 13.2. The normalized spacial score (nSPS) is 11.2. The second-order valence-corrected chi connectivity index (χ2v) is 7.29. The quantitative estimate of drug-likeness (QED) is 0.663. The molecule has 0 aliphatic carbocycles. The summed E-state index contributed by atoms with van der Waals surface area (Å²) >= 11 is 0. The molecule has 2 N–H and O–H groups in total. The van der Waals surface area contributed by atoms with Gasteiger partial charge in [0.25, 0.3) is 5.91 Å². The molecule has 1 amide bonds. The largest absolute Gasteiger partial charge is 0.339 e. The topological polar surface area (TPSA) is 66.9 Å².